The number of para-hydroxylation sites is 1. The zero-order valence-corrected chi connectivity index (χ0v) is 20.1. The van der Waals surface area contributed by atoms with Crippen molar-refractivity contribution in [2.75, 3.05) is 7.11 Å². The molecule has 4 rings (SSSR count). The Morgan fingerprint density at radius 1 is 1.23 bits per heavy atom. The van der Waals surface area contributed by atoms with Crippen LogP contribution < -0.4 is 10.3 Å². The number of aromatic nitrogens is 3. The number of hydrogen-bond acceptors (Lipinski definition) is 8. The molecule has 0 aliphatic rings. The number of fused-ring (bicyclic) bond motifs is 1. The zero-order valence-electron chi connectivity index (χ0n) is 20.1. The molecule has 0 radical (unpaired) electrons. The Balaban J connectivity index is 1.94. The topological polar surface area (TPSA) is 130 Å². The third-order valence-corrected chi connectivity index (χ3v) is 5.70. The average Bonchev–Trinajstić information content (AvgIpc) is 3.50. The predicted molar refractivity (Wildman–Crippen MR) is 126 cm³/mol. The van der Waals surface area contributed by atoms with Gasteiger partial charge in [-0.3, -0.25) is 9.36 Å². The van der Waals surface area contributed by atoms with Crippen molar-refractivity contribution in [2.45, 2.75) is 51.9 Å². The van der Waals surface area contributed by atoms with Gasteiger partial charge in [0, 0.05) is 23.7 Å². The third-order valence-electron chi connectivity index (χ3n) is 5.70. The number of benzene rings is 1. The van der Waals surface area contributed by atoms with Crippen molar-refractivity contribution in [1.82, 2.24) is 14.5 Å². The molecule has 1 aromatic carbocycles. The van der Waals surface area contributed by atoms with E-state index >= 15 is 0 Å². The fraction of sp³-hybridized carbons (Fsp3) is 0.360. The van der Waals surface area contributed by atoms with E-state index in [9.17, 15) is 14.7 Å². The molecule has 0 spiro atoms. The van der Waals surface area contributed by atoms with Gasteiger partial charge in [0.15, 0.2) is 0 Å². The van der Waals surface area contributed by atoms with Gasteiger partial charge in [-0.15, -0.1) is 0 Å². The van der Waals surface area contributed by atoms with E-state index in [1.54, 1.807) is 7.11 Å². The minimum Gasteiger partial charge on any atom is -0.496 e. The molecule has 0 fully saturated rings. The van der Waals surface area contributed by atoms with Crippen LogP contribution in [0.25, 0.3) is 22.9 Å². The molecule has 0 aliphatic carbocycles. The van der Waals surface area contributed by atoms with Crippen LogP contribution in [0.1, 0.15) is 44.9 Å². The van der Waals surface area contributed by atoms with Crippen LogP contribution in [0.15, 0.2) is 56.6 Å². The molecular weight excluding hydrogens is 454 g/mol. The molecule has 0 aliphatic heterocycles. The largest absolute Gasteiger partial charge is 0.496 e. The minimum atomic E-state index is -1.55. The van der Waals surface area contributed by atoms with Gasteiger partial charge >= 0.3 is 5.97 Å². The fourth-order valence-corrected chi connectivity index (χ4v) is 3.85. The van der Waals surface area contributed by atoms with Crippen molar-refractivity contribution in [2.24, 2.45) is 0 Å². The van der Waals surface area contributed by atoms with Gasteiger partial charge in [0.25, 0.3) is 17.3 Å². The lowest BCUT2D eigenvalue weighted by molar-refractivity contribution is -0.145. The Bertz CT molecular complexity index is 1400. The van der Waals surface area contributed by atoms with Gasteiger partial charge in [0.2, 0.25) is 5.58 Å². The first-order valence-electron chi connectivity index (χ1n) is 11.1. The first-order chi connectivity index (χ1) is 16.6. The highest BCUT2D eigenvalue weighted by Crippen LogP contribution is 2.34. The number of methoxy groups -OCH3 is 1. The summed E-state index contributed by atoms with van der Waals surface area (Å²) >= 11 is 0. The summed E-state index contributed by atoms with van der Waals surface area (Å²) in [4.78, 5) is 33.9. The number of ether oxygens (including phenoxy) is 2. The molecule has 4 aromatic rings. The highest BCUT2D eigenvalue weighted by atomic mass is 16.5. The van der Waals surface area contributed by atoms with E-state index in [1.165, 1.54) is 32.5 Å². The Hall–Kier alpha value is -3.92. The van der Waals surface area contributed by atoms with Gasteiger partial charge in [-0.05, 0) is 33.8 Å². The zero-order chi connectivity index (χ0) is 25.3. The summed E-state index contributed by atoms with van der Waals surface area (Å²) < 4.78 is 24.0. The van der Waals surface area contributed by atoms with E-state index in [0.717, 1.165) is 10.1 Å². The molecular formula is C25H27N3O7. The van der Waals surface area contributed by atoms with E-state index in [2.05, 4.69) is 9.97 Å². The molecule has 3 aromatic heterocycles. The maximum absolute atomic E-state index is 13.3. The molecule has 0 saturated heterocycles. The Morgan fingerprint density at radius 3 is 2.60 bits per heavy atom. The maximum atomic E-state index is 13.3. The standard InChI is InChI=1S/C25H27N3O7/c1-14(2)34-18(16-8-6-7-9-17(16)32-5)12-15-13-28(25(3,4)24(30)31)23(29)20-19(15)27-22(35-20)21-26-10-11-33-21/h6-11,13-14,18H,12H2,1-5H3,(H,30,31)/t18-/m0/s1. The van der Waals surface area contributed by atoms with Crippen LogP contribution >= 0.6 is 0 Å². The molecule has 1 atom stereocenters. The summed E-state index contributed by atoms with van der Waals surface area (Å²) in [6, 6.07) is 7.49. The van der Waals surface area contributed by atoms with E-state index in [1.807, 2.05) is 38.1 Å². The van der Waals surface area contributed by atoms with Gasteiger partial charge in [-0.25, -0.2) is 14.8 Å². The Labute approximate surface area is 201 Å². The molecule has 35 heavy (non-hydrogen) atoms. The van der Waals surface area contributed by atoms with Gasteiger partial charge < -0.3 is 23.4 Å². The lowest BCUT2D eigenvalue weighted by atomic mass is 9.99. The van der Waals surface area contributed by atoms with Gasteiger partial charge in [0.1, 0.15) is 23.1 Å². The summed E-state index contributed by atoms with van der Waals surface area (Å²) in [5, 5.41) is 9.81. The van der Waals surface area contributed by atoms with Crippen LogP contribution in [-0.2, 0) is 21.5 Å². The Kier molecular flexibility index (Phi) is 6.49. The number of oxazole rings is 2. The van der Waals surface area contributed by atoms with E-state index in [4.69, 9.17) is 18.3 Å². The lowest BCUT2D eigenvalue weighted by Crippen LogP contribution is -2.42. The summed E-state index contributed by atoms with van der Waals surface area (Å²) in [6.45, 7) is 6.73. The number of carboxylic acids is 1. The van der Waals surface area contributed by atoms with Crippen molar-refractivity contribution in [3.05, 3.63) is 64.4 Å². The molecule has 1 N–H and O–H groups in total. The van der Waals surface area contributed by atoms with Gasteiger partial charge in [-0.1, -0.05) is 18.2 Å². The van der Waals surface area contributed by atoms with Gasteiger partial charge in [-0.2, -0.15) is 0 Å². The van der Waals surface area contributed by atoms with Crippen LogP contribution in [0, 0.1) is 0 Å². The number of carbonyl (C=O) groups is 1. The van der Waals surface area contributed by atoms with Crippen LogP contribution in [0.4, 0.5) is 0 Å². The second-order valence-corrected chi connectivity index (χ2v) is 8.85. The van der Waals surface area contributed by atoms with E-state index < -0.39 is 23.2 Å². The van der Waals surface area contributed by atoms with E-state index in [0.29, 0.717) is 11.3 Å². The van der Waals surface area contributed by atoms with Crippen molar-refractivity contribution in [1.29, 1.82) is 0 Å². The smallest absolute Gasteiger partial charge is 0.329 e. The molecule has 0 bridgehead atoms. The number of hydrogen-bond donors (Lipinski definition) is 1. The number of carboxylic acid groups (broad SMARTS) is 1. The molecule has 0 saturated carbocycles. The van der Waals surface area contributed by atoms with Crippen LogP contribution in [0.2, 0.25) is 0 Å². The van der Waals surface area contributed by atoms with Crippen molar-refractivity contribution < 1.29 is 28.2 Å². The lowest BCUT2D eigenvalue weighted by Gasteiger charge is -2.25. The van der Waals surface area contributed by atoms with Gasteiger partial charge in [0.05, 0.1) is 25.5 Å². The molecule has 10 nitrogen and oxygen atoms in total. The quantitative estimate of drug-likeness (QED) is 0.374. The minimum absolute atomic E-state index is 0.0212. The van der Waals surface area contributed by atoms with Crippen LogP contribution in [-0.4, -0.2) is 38.8 Å². The highest BCUT2D eigenvalue weighted by Gasteiger charge is 2.33. The number of aliphatic carboxylic acids is 1. The predicted octanol–water partition coefficient (Wildman–Crippen LogP) is 4.18. The summed E-state index contributed by atoms with van der Waals surface area (Å²) in [6.07, 6.45) is 3.98. The van der Waals surface area contributed by atoms with Crippen molar-refractivity contribution >= 4 is 17.1 Å². The molecule has 0 unspecified atom stereocenters. The monoisotopic (exact) mass is 481 g/mol. The first kappa shape index (κ1) is 24.2. The van der Waals surface area contributed by atoms with Crippen molar-refractivity contribution in [3.63, 3.8) is 0 Å². The second kappa shape index (κ2) is 9.38. The van der Waals surface area contributed by atoms with Crippen LogP contribution in [0.3, 0.4) is 0 Å². The molecule has 10 heteroatoms. The SMILES string of the molecule is COc1ccccc1[C@H](Cc1cn(C(C)(C)C(=O)O)c(=O)c2oc(-c3ncco3)nc12)OC(C)C. The summed E-state index contributed by atoms with van der Waals surface area (Å²) in [5.74, 6) is -0.394. The normalized spacial score (nSPS) is 12.9. The average molecular weight is 482 g/mol. The first-order valence-corrected chi connectivity index (χ1v) is 11.1. The number of rotatable bonds is 9. The van der Waals surface area contributed by atoms with Crippen molar-refractivity contribution in [3.8, 4) is 17.5 Å². The maximum Gasteiger partial charge on any atom is 0.329 e. The second-order valence-electron chi connectivity index (χ2n) is 8.85. The summed E-state index contributed by atoms with van der Waals surface area (Å²) in [5.41, 5.74) is -0.605. The number of pyridine rings is 1. The molecule has 3 heterocycles. The molecule has 0 amide bonds. The van der Waals surface area contributed by atoms with E-state index in [-0.39, 0.29) is 35.4 Å². The fourth-order valence-electron chi connectivity index (χ4n) is 3.85. The van der Waals surface area contributed by atoms with Crippen LogP contribution in [0.5, 0.6) is 5.75 Å². The summed E-state index contributed by atoms with van der Waals surface area (Å²) in [7, 11) is 1.58. The third kappa shape index (κ3) is 4.57. The Morgan fingerprint density at radius 2 is 1.97 bits per heavy atom. The number of nitrogens with zero attached hydrogens (tertiary/aromatic N) is 3. The molecule has 184 valence electrons. The highest BCUT2D eigenvalue weighted by molar-refractivity contribution is 5.80.